The first-order valence-electron chi connectivity index (χ1n) is 7.07. The van der Waals surface area contributed by atoms with Gasteiger partial charge in [-0.05, 0) is 49.2 Å². The van der Waals surface area contributed by atoms with Crippen molar-refractivity contribution in [3.05, 3.63) is 63.4 Å². The maximum Gasteiger partial charge on any atom is 0.129 e. The van der Waals surface area contributed by atoms with Gasteiger partial charge in [-0.1, -0.05) is 34.1 Å². The monoisotopic (exact) mass is 349 g/mol. The molecule has 110 valence electrons. The van der Waals surface area contributed by atoms with Crippen molar-refractivity contribution in [2.75, 3.05) is 13.7 Å². The number of benzene rings is 2. The van der Waals surface area contributed by atoms with Gasteiger partial charge in [-0.2, -0.15) is 0 Å². The molecule has 0 bridgehead atoms. The average Bonchev–Trinajstić information content (AvgIpc) is 2.50. The molecule has 3 rings (SSSR count). The fourth-order valence-electron chi connectivity index (χ4n) is 2.82. The van der Waals surface area contributed by atoms with Crippen LogP contribution in [0.1, 0.15) is 29.2 Å². The van der Waals surface area contributed by atoms with Crippen LogP contribution >= 0.6 is 15.9 Å². The van der Waals surface area contributed by atoms with Gasteiger partial charge in [-0.25, -0.2) is 4.39 Å². The number of ether oxygens (including phenoxy) is 1. The van der Waals surface area contributed by atoms with Crippen LogP contribution in [-0.4, -0.2) is 13.7 Å². The molecule has 1 atom stereocenters. The highest BCUT2D eigenvalue weighted by Gasteiger charge is 2.21. The van der Waals surface area contributed by atoms with E-state index in [0.29, 0.717) is 5.56 Å². The molecule has 0 aromatic heterocycles. The molecule has 1 aliphatic heterocycles. The van der Waals surface area contributed by atoms with E-state index < -0.39 is 0 Å². The Kier molecular flexibility index (Phi) is 4.27. The number of aryl methyl sites for hydroxylation is 1. The Hall–Kier alpha value is -1.39. The summed E-state index contributed by atoms with van der Waals surface area (Å²) in [4.78, 5) is 0. The number of rotatable bonds is 3. The summed E-state index contributed by atoms with van der Waals surface area (Å²) in [6.07, 6.45) is 2.04. The van der Waals surface area contributed by atoms with Crippen molar-refractivity contribution in [1.29, 1.82) is 0 Å². The van der Waals surface area contributed by atoms with Gasteiger partial charge < -0.3 is 10.1 Å². The lowest BCUT2D eigenvalue weighted by Gasteiger charge is -2.23. The summed E-state index contributed by atoms with van der Waals surface area (Å²) in [5.41, 5.74) is 2.88. The molecule has 0 fully saturated rings. The van der Waals surface area contributed by atoms with Gasteiger partial charge in [0.1, 0.15) is 11.6 Å². The molecule has 2 aromatic carbocycles. The van der Waals surface area contributed by atoms with Gasteiger partial charge in [0.05, 0.1) is 12.6 Å². The van der Waals surface area contributed by atoms with Crippen LogP contribution in [0.15, 0.2) is 40.9 Å². The quantitative estimate of drug-likeness (QED) is 0.895. The summed E-state index contributed by atoms with van der Waals surface area (Å²) in [5.74, 6) is 0.741. The minimum Gasteiger partial charge on any atom is -0.493 e. The zero-order valence-corrected chi connectivity index (χ0v) is 13.4. The minimum absolute atomic E-state index is 0.187. The molecular weight excluding hydrogens is 333 g/mol. The smallest absolute Gasteiger partial charge is 0.129 e. The first-order chi connectivity index (χ1) is 10.2. The molecule has 0 saturated carbocycles. The lowest BCUT2D eigenvalue weighted by molar-refractivity contribution is 0.288. The fraction of sp³-hybridized carbons (Fsp3) is 0.294. The molecule has 0 aliphatic carbocycles. The maximum absolute atomic E-state index is 14.2. The van der Waals surface area contributed by atoms with Gasteiger partial charge in [0.15, 0.2) is 0 Å². The van der Waals surface area contributed by atoms with Crippen molar-refractivity contribution < 1.29 is 9.13 Å². The summed E-state index contributed by atoms with van der Waals surface area (Å²) in [6, 6.07) is 11.0. The predicted molar refractivity (Wildman–Crippen MR) is 85.3 cm³/mol. The Balaban J connectivity index is 2.04. The van der Waals surface area contributed by atoms with E-state index in [4.69, 9.17) is 4.74 Å². The highest BCUT2D eigenvalue weighted by Crippen LogP contribution is 2.34. The Bertz CT molecular complexity index is 639. The second kappa shape index (κ2) is 6.16. The molecule has 0 saturated heterocycles. The van der Waals surface area contributed by atoms with Crippen molar-refractivity contribution in [3.63, 3.8) is 0 Å². The van der Waals surface area contributed by atoms with Crippen LogP contribution in [0.25, 0.3) is 0 Å². The highest BCUT2D eigenvalue weighted by molar-refractivity contribution is 9.10. The molecule has 1 heterocycles. The minimum atomic E-state index is -0.210. The summed E-state index contributed by atoms with van der Waals surface area (Å²) < 4.78 is 20.6. The third-order valence-electron chi connectivity index (χ3n) is 3.84. The molecule has 0 spiro atoms. The first kappa shape index (κ1) is 14.5. The van der Waals surface area contributed by atoms with E-state index in [2.05, 4.69) is 27.3 Å². The van der Waals surface area contributed by atoms with Gasteiger partial charge in [-0.3, -0.25) is 0 Å². The van der Waals surface area contributed by atoms with Crippen molar-refractivity contribution in [2.45, 2.75) is 18.9 Å². The zero-order valence-electron chi connectivity index (χ0n) is 11.8. The van der Waals surface area contributed by atoms with Gasteiger partial charge >= 0.3 is 0 Å². The van der Waals surface area contributed by atoms with Gasteiger partial charge in [0.2, 0.25) is 0 Å². The van der Waals surface area contributed by atoms with Crippen molar-refractivity contribution >= 4 is 15.9 Å². The molecule has 2 aromatic rings. The summed E-state index contributed by atoms with van der Waals surface area (Å²) >= 11 is 3.46. The van der Waals surface area contributed by atoms with Gasteiger partial charge in [-0.15, -0.1) is 0 Å². The third kappa shape index (κ3) is 2.83. The van der Waals surface area contributed by atoms with Crippen LogP contribution in [0.4, 0.5) is 4.39 Å². The van der Waals surface area contributed by atoms with Crippen LogP contribution < -0.4 is 10.1 Å². The maximum atomic E-state index is 14.2. The SMILES string of the molecule is CNC(c1ccc2c(c1)CCCO2)c1c(F)cccc1Br. The van der Waals surface area contributed by atoms with Crippen LogP contribution in [0.5, 0.6) is 5.75 Å². The lowest BCUT2D eigenvalue weighted by atomic mass is 9.94. The number of nitrogens with one attached hydrogen (secondary N) is 1. The summed E-state index contributed by atoms with van der Waals surface area (Å²) in [5, 5.41) is 3.21. The molecule has 21 heavy (non-hydrogen) atoms. The number of hydrogen-bond acceptors (Lipinski definition) is 2. The van der Waals surface area contributed by atoms with Crippen LogP contribution in [-0.2, 0) is 6.42 Å². The van der Waals surface area contributed by atoms with Gasteiger partial charge in [0.25, 0.3) is 0 Å². The second-order valence-corrected chi connectivity index (χ2v) is 6.03. The second-order valence-electron chi connectivity index (χ2n) is 5.18. The molecule has 1 unspecified atom stereocenters. The van der Waals surface area contributed by atoms with Crippen LogP contribution in [0.3, 0.4) is 0 Å². The Labute approximate surface area is 132 Å². The molecule has 1 aliphatic rings. The fourth-order valence-corrected chi connectivity index (χ4v) is 3.39. The van der Waals surface area contributed by atoms with Gasteiger partial charge in [0, 0.05) is 10.0 Å². The van der Waals surface area contributed by atoms with E-state index in [-0.39, 0.29) is 11.9 Å². The largest absolute Gasteiger partial charge is 0.493 e. The molecular formula is C17H17BrFNO. The molecule has 0 amide bonds. The van der Waals surface area contributed by atoms with E-state index in [0.717, 1.165) is 35.2 Å². The van der Waals surface area contributed by atoms with E-state index in [1.165, 1.54) is 11.6 Å². The number of halogens is 2. The number of hydrogen-bond donors (Lipinski definition) is 1. The average molecular weight is 350 g/mol. The molecule has 1 N–H and O–H groups in total. The van der Waals surface area contributed by atoms with E-state index in [9.17, 15) is 4.39 Å². The standard InChI is InChI=1S/C17H17BrFNO/c1-20-17(16-13(18)5-2-6-14(16)19)12-7-8-15-11(10-12)4-3-9-21-15/h2,5-8,10,17,20H,3-4,9H2,1H3. The topological polar surface area (TPSA) is 21.3 Å². The zero-order chi connectivity index (χ0) is 14.8. The van der Waals surface area contributed by atoms with E-state index in [1.54, 1.807) is 6.07 Å². The lowest BCUT2D eigenvalue weighted by Crippen LogP contribution is -2.20. The van der Waals surface area contributed by atoms with Crippen molar-refractivity contribution in [1.82, 2.24) is 5.32 Å². The van der Waals surface area contributed by atoms with Crippen molar-refractivity contribution in [3.8, 4) is 5.75 Å². The van der Waals surface area contributed by atoms with E-state index >= 15 is 0 Å². The summed E-state index contributed by atoms with van der Waals surface area (Å²) in [7, 11) is 1.85. The molecule has 4 heteroatoms. The van der Waals surface area contributed by atoms with Crippen LogP contribution in [0, 0.1) is 5.82 Å². The van der Waals surface area contributed by atoms with Crippen LogP contribution in [0.2, 0.25) is 0 Å². The Morgan fingerprint density at radius 2 is 2.14 bits per heavy atom. The Morgan fingerprint density at radius 3 is 2.90 bits per heavy atom. The number of fused-ring (bicyclic) bond motifs is 1. The molecule has 0 radical (unpaired) electrons. The normalized spacial score (nSPS) is 15.2. The Morgan fingerprint density at radius 1 is 1.29 bits per heavy atom. The third-order valence-corrected chi connectivity index (χ3v) is 4.53. The first-order valence-corrected chi connectivity index (χ1v) is 7.87. The highest BCUT2D eigenvalue weighted by atomic mass is 79.9. The molecule has 2 nitrogen and oxygen atoms in total. The van der Waals surface area contributed by atoms with E-state index in [1.807, 2.05) is 25.2 Å². The predicted octanol–water partition coefficient (Wildman–Crippen LogP) is 4.22. The van der Waals surface area contributed by atoms with Crippen molar-refractivity contribution in [2.24, 2.45) is 0 Å². The summed E-state index contributed by atoms with van der Waals surface area (Å²) in [6.45, 7) is 0.778.